The molecule has 0 aromatic heterocycles. The number of esters is 1. The smallest absolute Gasteiger partial charge is 0.339 e. The molecule has 0 saturated heterocycles. The number of ether oxygens (including phenoxy) is 3. The number of carbonyl (C=O) groups is 1. The Morgan fingerprint density at radius 2 is 1.78 bits per heavy atom. The van der Waals surface area contributed by atoms with Crippen molar-refractivity contribution < 1.29 is 19.0 Å². The molecule has 1 aromatic carbocycles. The van der Waals surface area contributed by atoms with E-state index in [4.69, 9.17) is 25.8 Å². The minimum atomic E-state index is -0.481. The van der Waals surface area contributed by atoms with E-state index in [0.717, 1.165) is 0 Å². The SMILES string of the molecule is CCOC(=O)c1cc(OCC)cc(OCC)c1Cl. The van der Waals surface area contributed by atoms with Crippen molar-refractivity contribution in [2.24, 2.45) is 0 Å². The highest BCUT2D eigenvalue weighted by molar-refractivity contribution is 6.35. The van der Waals surface area contributed by atoms with Gasteiger partial charge in [0.25, 0.3) is 0 Å². The summed E-state index contributed by atoms with van der Waals surface area (Å²) < 4.78 is 15.7. The summed E-state index contributed by atoms with van der Waals surface area (Å²) in [7, 11) is 0. The zero-order valence-electron chi connectivity index (χ0n) is 10.8. The first-order chi connectivity index (χ1) is 8.63. The molecule has 0 bridgehead atoms. The molecule has 0 unspecified atom stereocenters. The first-order valence-corrected chi connectivity index (χ1v) is 6.28. The topological polar surface area (TPSA) is 44.8 Å². The van der Waals surface area contributed by atoms with Crippen molar-refractivity contribution in [3.63, 3.8) is 0 Å². The van der Waals surface area contributed by atoms with Crippen molar-refractivity contribution in [2.75, 3.05) is 19.8 Å². The third-order valence-corrected chi connectivity index (χ3v) is 2.51. The first-order valence-electron chi connectivity index (χ1n) is 5.90. The lowest BCUT2D eigenvalue weighted by Crippen LogP contribution is -2.07. The summed E-state index contributed by atoms with van der Waals surface area (Å²) in [5.41, 5.74) is 0.257. The third kappa shape index (κ3) is 3.53. The maximum atomic E-state index is 11.8. The van der Waals surface area contributed by atoms with Crippen molar-refractivity contribution >= 4 is 17.6 Å². The van der Waals surface area contributed by atoms with Crippen LogP contribution in [0.15, 0.2) is 12.1 Å². The molecule has 0 fully saturated rings. The number of benzene rings is 1. The van der Waals surface area contributed by atoms with E-state index in [1.807, 2.05) is 13.8 Å². The lowest BCUT2D eigenvalue weighted by molar-refractivity contribution is 0.0525. The van der Waals surface area contributed by atoms with Crippen LogP contribution in [0.4, 0.5) is 0 Å². The van der Waals surface area contributed by atoms with Crippen LogP contribution in [-0.4, -0.2) is 25.8 Å². The summed E-state index contributed by atoms with van der Waals surface area (Å²) in [5.74, 6) is 0.478. The van der Waals surface area contributed by atoms with Gasteiger partial charge in [0.05, 0.1) is 30.4 Å². The Bertz CT molecular complexity index is 418. The Labute approximate surface area is 112 Å². The monoisotopic (exact) mass is 272 g/mol. The number of carbonyl (C=O) groups excluding carboxylic acids is 1. The number of rotatable bonds is 6. The average Bonchev–Trinajstić information content (AvgIpc) is 2.34. The normalized spacial score (nSPS) is 10.0. The Kier molecular flexibility index (Phi) is 5.78. The molecule has 4 nitrogen and oxygen atoms in total. The quantitative estimate of drug-likeness (QED) is 0.745. The molecule has 0 radical (unpaired) electrons. The van der Waals surface area contributed by atoms with Gasteiger partial charge in [0.2, 0.25) is 0 Å². The van der Waals surface area contributed by atoms with E-state index in [0.29, 0.717) is 24.7 Å². The summed E-state index contributed by atoms with van der Waals surface area (Å²) >= 11 is 6.11. The molecule has 0 heterocycles. The molecule has 100 valence electrons. The Morgan fingerprint density at radius 3 is 2.33 bits per heavy atom. The van der Waals surface area contributed by atoms with E-state index in [-0.39, 0.29) is 17.2 Å². The zero-order valence-corrected chi connectivity index (χ0v) is 11.5. The molecule has 18 heavy (non-hydrogen) atoms. The van der Waals surface area contributed by atoms with Crippen LogP contribution in [0, 0.1) is 0 Å². The molecule has 0 spiro atoms. The molecular formula is C13H17ClO4. The van der Waals surface area contributed by atoms with Crippen molar-refractivity contribution in [3.8, 4) is 11.5 Å². The van der Waals surface area contributed by atoms with Crippen molar-refractivity contribution in [2.45, 2.75) is 20.8 Å². The van der Waals surface area contributed by atoms with Gasteiger partial charge in [0, 0.05) is 6.07 Å². The Morgan fingerprint density at radius 1 is 1.11 bits per heavy atom. The van der Waals surface area contributed by atoms with Gasteiger partial charge in [-0.25, -0.2) is 4.79 Å². The van der Waals surface area contributed by atoms with Crippen LogP contribution in [0.5, 0.6) is 11.5 Å². The number of hydrogen-bond donors (Lipinski definition) is 0. The van der Waals surface area contributed by atoms with Crippen molar-refractivity contribution in [3.05, 3.63) is 22.7 Å². The highest BCUT2D eigenvalue weighted by Gasteiger charge is 2.18. The predicted molar refractivity (Wildman–Crippen MR) is 69.7 cm³/mol. The minimum absolute atomic E-state index is 0.249. The van der Waals surface area contributed by atoms with Crippen molar-refractivity contribution in [1.82, 2.24) is 0 Å². The standard InChI is InChI=1S/C13H17ClO4/c1-4-16-9-7-10(13(15)18-6-3)12(14)11(8-9)17-5-2/h7-8H,4-6H2,1-3H3. The van der Waals surface area contributed by atoms with Gasteiger partial charge in [0.15, 0.2) is 0 Å². The molecular weight excluding hydrogens is 256 g/mol. The largest absolute Gasteiger partial charge is 0.494 e. The van der Waals surface area contributed by atoms with Gasteiger partial charge in [-0.2, -0.15) is 0 Å². The molecule has 5 heteroatoms. The molecule has 1 rings (SSSR count). The molecule has 0 N–H and O–H groups in total. The molecule has 0 aliphatic carbocycles. The highest BCUT2D eigenvalue weighted by atomic mass is 35.5. The van der Waals surface area contributed by atoms with Gasteiger partial charge in [-0.3, -0.25) is 0 Å². The molecule has 0 aliphatic heterocycles. The molecule has 0 amide bonds. The van der Waals surface area contributed by atoms with E-state index in [1.54, 1.807) is 19.1 Å². The maximum Gasteiger partial charge on any atom is 0.339 e. The van der Waals surface area contributed by atoms with Crippen LogP contribution in [-0.2, 0) is 4.74 Å². The van der Waals surface area contributed by atoms with Crippen LogP contribution in [0.3, 0.4) is 0 Å². The maximum absolute atomic E-state index is 11.8. The van der Waals surface area contributed by atoms with E-state index in [2.05, 4.69) is 0 Å². The van der Waals surface area contributed by atoms with Crippen LogP contribution in [0.2, 0.25) is 5.02 Å². The van der Waals surface area contributed by atoms with Crippen LogP contribution in [0.1, 0.15) is 31.1 Å². The second kappa shape index (κ2) is 7.11. The second-order valence-electron chi connectivity index (χ2n) is 3.37. The van der Waals surface area contributed by atoms with Gasteiger partial charge in [-0.15, -0.1) is 0 Å². The third-order valence-electron chi connectivity index (χ3n) is 2.12. The highest BCUT2D eigenvalue weighted by Crippen LogP contribution is 2.33. The van der Waals surface area contributed by atoms with Gasteiger partial charge in [0.1, 0.15) is 11.5 Å². The predicted octanol–water partition coefficient (Wildman–Crippen LogP) is 3.31. The summed E-state index contributed by atoms with van der Waals surface area (Å²) in [6.07, 6.45) is 0. The Balaban J connectivity index is 3.17. The summed E-state index contributed by atoms with van der Waals surface area (Å²) in [6.45, 7) is 6.68. The minimum Gasteiger partial charge on any atom is -0.494 e. The van der Waals surface area contributed by atoms with Gasteiger partial charge >= 0.3 is 5.97 Å². The fourth-order valence-electron chi connectivity index (χ4n) is 1.44. The number of halogens is 1. The summed E-state index contributed by atoms with van der Waals surface area (Å²) in [5, 5.41) is 0.249. The van der Waals surface area contributed by atoms with Gasteiger partial charge in [-0.05, 0) is 26.8 Å². The van der Waals surface area contributed by atoms with E-state index in [9.17, 15) is 4.79 Å². The number of hydrogen-bond acceptors (Lipinski definition) is 4. The summed E-state index contributed by atoms with van der Waals surface area (Å²) in [4.78, 5) is 11.8. The fraction of sp³-hybridized carbons (Fsp3) is 0.462. The molecule has 0 aliphatic rings. The molecule has 1 aromatic rings. The van der Waals surface area contributed by atoms with Gasteiger partial charge < -0.3 is 14.2 Å². The molecule has 0 atom stereocenters. The summed E-state index contributed by atoms with van der Waals surface area (Å²) in [6, 6.07) is 3.23. The van der Waals surface area contributed by atoms with Crippen molar-refractivity contribution in [1.29, 1.82) is 0 Å². The lowest BCUT2D eigenvalue weighted by atomic mass is 10.2. The van der Waals surface area contributed by atoms with E-state index >= 15 is 0 Å². The van der Waals surface area contributed by atoms with Crippen LogP contribution < -0.4 is 9.47 Å². The van der Waals surface area contributed by atoms with Crippen LogP contribution in [0.25, 0.3) is 0 Å². The van der Waals surface area contributed by atoms with Gasteiger partial charge in [-0.1, -0.05) is 11.6 Å². The molecule has 0 saturated carbocycles. The lowest BCUT2D eigenvalue weighted by Gasteiger charge is -2.12. The Hall–Kier alpha value is -1.42. The second-order valence-corrected chi connectivity index (χ2v) is 3.75. The van der Waals surface area contributed by atoms with Crippen LogP contribution >= 0.6 is 11.6 Å². The zero-order chi connectivity index (χ0) is 13.5. The average molecular weight is 273 g/mol. The van der Waals surface area contributed by atoms with E-state index in [1.165, 1.54) is 0 Å². The first kappa shape index (κ1) is 14.6. The fourth-order valence-corrected chi connectivity index (χ4v) is 1.68. The van der Waals surface area contributed by atoms with E-state index < -0.39 is 5.97 Å².